The summed E-state index contributed by atoms with van der Waals surface area (Å²) in [6, 6.07) is 6.14. The molecule has 3 heterocycles. The second-order valence-corrected chi connectivity index (χ2v) is 5.87. The van der Waals surface area contributed by atoms with Crippen LogP contribution in [0.4, 0.5) is 5.82 Å². The van der Waals surface area contributed by atoms with E-state index in [1.807, 2.05) is 12.3 Å². The van der Waals surface area contributed by atoms with Gasteiger partial charge in [0.15, 0.2) is 0 Å². The predicted octanol–water partition coefficient (Wildman–Crippen LogP) is 3.57. The molecule has 3 aromatic heterocycles. The van der Waals surface area contributed by atoms with Crippen LogP contribution in [0.15, 0.2) is 30.6 Å². The van der Waals surface area contributed by atoms with Gasteiger partial charge in [0.25, 0.3) is 0 Å². The molecule has 0 spiro atoms. The van der Waals surface area contributed by atoms with Crippen molar-refractivity contribution in [1.29, 1.82) is 0 Å². The maximum absolute atomic E-state index is 4.61. The molecule has 102 valence electrons. The summed E-state index contributed by atoms with van der Waals surface area (Å²) in [5, 5.41) is 4.51. The molecule has 5 heteroatoms. The first-order chi connectivity index (χ1) is 9.76. The van der Waals surface area contributed by atoms with Gasteiger partial charge in [0.1, 0.15) is 16.5 Å². The second kappa shape index (κ2) is 5.54. The summed E-state index contributed by atoms with van der Waals surface area (Å²) in [5.74, 6) is 1.80. The first kappa shape index (κ1) is 13.0. The molecule has 0 saturated carbocycles. The van der Waals surface area contributed by atoms with Gasteiger partial charge in [-0.1, -0.05) is 13.0 Å². The molecule has 0 fully saturated rings. The summed E-state index contributed by atoms with van der Waals surface area (Å²) < 4.78 is 0. The van der Waals surface area contributed by atoms with Crippen molar-refractivity contribution in [2.45, 2.75) is 26.8 Å². The lowest BCUT2D eigenvalue weighted by atomic mass is 10.2. The van der Waals surface area contributed by atoms with Crippen LogP contribution in [-0.2, 0) is 13.0 Å². The van der Waals surface area contributed by atoms with Gasteiger partial charge in [-0.3, -0.25) is 4.98 Å². The van der Waals surface area contributed by atoms with E-state index in [0.29, 0.717) is 0 Å². The Balaban J connectivity index is 1.93. The van der Waals surface area contributed by atoms with Crippen LogP contribution in [0.2, 0.25) is 0 Å². The fourth-order valence-corrected chi connectivity index (χ4v) is 2.97. The molecule has 0 bridgehead atoms. The predicted molar refractivity (Wildman–Crippen MR) is 83.1 cm³/mol. The minimum atomic E-state index is 0.720. The van der Waals surface area contributed by atoms with Crippen molar-refractivity contribution in [1.82, 2.24) is 15.0 Å². The lowest BCUT2D eigenvalue weighted by Gasteiger charge is -2.08. The van der Waals surface area contributed by atoms with Crippen molar-refractivity contribution < 1.29 is 0 Å². The van der Waals surface area contributed by atoms with E-state index in [2.05, 4.69) is 46.2 Å². The van der Waals surface area contributed by atoms with Crippen LogP contribution in [0.25, 0.3) is 10.2 Å². The zero-order valence-electron chi connectivity index (χ0n) is 11.6. The average molecular weight is 284 g/mol. The number of aryl methyl sites for hydroxylation is 2. The molecule has 0 atom stereocenters. The van der Waals surface area contributed by atoms with Gasteiger partial charge in [-0.05, 0) is 24.6 Å². The summed E-state index contributed by atoms with van der Waals surface area (Å²) in [5.41, 5.74) is 1.14. The van der Waals surface area contributed by atoms with Crippen molar-refractivity contribution in [3.05, 3.63) is 46.9 Å². The topological polar surface area (TPSA) is 50.7 Å². The number of hydrogen-bond donors (Lipinski definition) is 1. The second-order valence-electron chi connectivity index (χ2n) is 4.63. The van der Waals surface area contributed by atoms with Crippen molar-refractivity contribution in [2.75, 3.05) is 5.32 Å². The standard InChI is InChI=1S/C15H16N4S/c1-3-13-18-14(12-7-10(2)20-15(12)19-13)17-9-11-5-4-6-16-8-11/h4-8H,3,9H2,1-2H3,(H,17,18,19). The number of pyridine rings is 1. The number of anilines is 1. The number of fused-ring (bicyclic) bond motifs is 1. The number of nitrogens with zero attached hydrogens (tertiary/aromatic N) is 3. The zero-order chi connectivity index (χ0) is 13.9. The molecular weight excluding hydrogens is 268 g/mol. The van der Waals surface area contributed by atoms with Gasteiger partial charge in [0.05, 0.1) is 5.39 Å². The molecule has 20 heavy (non-hydrogen) atoms. The Hall–Kier alpha value is -2.01. The van der Waals surface area contributed by atoms with Gasteiger partial charge in [-0.15, -0.1) is 11.3 Å². The van der Waals surface area contributed by atoms with Crippen molar-refractivity contribution in [3.8, 4) is 0 Å². The highest BCUT2D eigenvalue weighted by atomic mass is 32.1. The number of nitrogens with one attached hydrogen (secondary N) is 1. The summed E-state index contributed by atoms with van der Waals surface area (Å²) in [6.07, 6.45) is 4.49. The Morgan fingerprint density at radius 2 is 2.20 bits per heavy atom. The van der Waals surface area contributed by atoms with E-state index in [4.69, 9.17) is 0 Å². The molecule has 0 aliphatic carbocycles. The molecule has 4 nitrogen and oxygen atoms in total. The van der Waals surface area contributed by atoms with E-state index in [1.165, 1.54) is 4.88 Å². The molecule has 0 unspecified atom stereocenters. The van der Waals surface area contributed by atoms with E-state index < -0.39 is 0 Å². The van der Waals surface area contributed by atoms with Crippen molar-refractivity contribution >= 4 is 27.4 Å². The minimum absolute atomic E-state index is 0.720. The molecule has 0 aliphatic heterocycles. The van der Waals surface area contributed by atoms with Crippen LogP contribution < -0.4 is 5.32 Å². The highest BCUT2D eigenvalue weighted by Crippen LogP contribution is 2.28. The van der Waals surface area contributed by atoms with Gasteiger partial charge >= 0.3 is 0 Å². The van der Waals surface area contributed by atoms with E-state index in [9.17, 15) is 0 Å². The van der Waals surface area contributed by atoms with Crippen LogP contribution >= 0.6 is 11.3 Å². The number of thiophene rings is 1. The monoisotopic (exact) mass is 284 g/mol. The number of aromatic nitrogens is 3. The molecule has 0 radical (unpaired) electrons. The first-order valence-corrected chi connectivity index (χ1v) is 7.47. The highest BCUT2D eigenvalue weighted by molar-refractivity contribution is 7.18. The van der Waals surface area contributed by atoms with Gasteiger partial charge in [-0.25, -0.2) is 9.97 Å². The average Bonchev–Trinajstić information content (AvgIpc) is 2.86. The van der Waals surface area contributed by atoms with E-state index in [-0.39, 0.29) is 0 Å². The molecule has 0 aromatic carbocycles. The molecule has 0 amide bonds. The highest BCUT2D eigenvalue weighted by Gasteiger charge is 2.09. The molecule has 0 aliphatic rings. The van der Waals surface area contributed by atoms with Crippen LogP contribution in [0.5, 0.6) is 0 Å². The molecule has 0 saturated heterocycles. The summed E-state index contributed by atoms with van der Waals surface area (Å²) in [4.78, 5) is 15.6. The Bertz CT molecular complexity index is 721. The summed E-state index contributed by atoms with van der Waals surface area (Å²) in [7, 11) is 0. The van der Waals surface area contributed by atoms with Crippen molar-refractivity contribution in [2.24, 2.45) is 0 Å². The largest absolute Gasteiger partial charge is 0.365 e. The molecular formula is C15H16N4S. The van der Waals surface area contributed by atoms with Crippen LogP contribution in [0.3, 0.4) is 0 Å². The number of hydrogen-bond acceptors (Lipinski definition) is 5. The smallest absolute Gasteiger partial charge is 0.138 e. The van der Waals surface area contributed by atoms with Crippen LogP contribution in [0.1, 0.15) is 23.2 Å². The molecule has 3 aromatic rings. The van der Waals surface area contributed by atoms with Gasteiger partial charge in [0.2, 0.25) is 0 Å². The third kappa shape index (κ3) is 2.63. The minimum Gasteiger partial charge on any atom is -0.365 e. The summed E-state index contributed by atoms with van der Waals surface area (Å²) >= 11 is 1.71. The van der Waals surface area contributed by atoms with Gasteiger partial charge in [0, 0.05) is 30.2 Å². The van der Waals surface area contributed by atoms with Crippen LogP contribution in [-0.4, -0.2) is 15.0 Å². The third-order valence-corrected chi connectivity index (χ3v) is 4.01. The SMILES string of the molecule is CCc1nc(NCc2cccnc2)c2cc(C)sc2n1. The number of rotatable bonds is 4. The van der Waals surface area contributed by atoms with E-state index in [0.717, 1.165) is 40.4 Å². The fraction of sp³-hybridized carbons (Fsp3) is 0.267. The van der Waals surface area contributed by atoms with E-state index >= 15 is 0 Å². The maximum atomic E-state index is 4.61. The lowest BCUT2D eigenvalue weighted by Crippen LogP contribution is -2.04. The van der Waals surface area contributed by atoms with Crippen molar-refractivity contribution in [3.63, 3.8) is 0 Å². The fourth-order valence-electron chi connectivity index (χ4n) is 2.07. The van der Waals surface area contributed by atoms with Crippen LogP contribution in [0, 0.1) is 6.92 Å². The lowest BCUT2D eigenvalue weighted by molar-refractivity contribution is 0.956. The van der Waals surface area contributed by atoms with E-state index in [1.54, 1.807) is 17.5 Å². The normalized spacial score (nSPS) is 10.9. The Morgan fingerprint density at radius 3 is 2.95 bits per heavy atom. The molecule has 1 N–H and O–H groups in total. The first-order valence-electron chi connectivity index (χ1n) is 6.66. The Labute approximate surface area is 121 Å². The zero-order valence-corrected chi connectivity index (χ0v) is 12.4. The maximum Gasteiger partial charge on any atom is 0.138 e. The molecule has 3 rings (SSSR count). The Kier molecular flexibility index (Phi) is 3.60. The quantitative estimate of drug-likeness (QED) is 0.795. The Morgan fingerprint density at radius 1 is 1.30 bits per heavy atom. The van der Waals surface area contributed by atoms with Gasteiger partial charge in [-0.2, -0.15) is 0 Å². The summed E-state index contributed by atoms with van der Waals surface area (Å²) in [6.45, 7) is 4.90. The van der Waals surface area contributed by atoms with Gasteiger partial charge < -0.3 is 5.32 Å². The third-order valence-electron chi connectivity index (χ3n) is 3.06.